The van der Waals surface area contributed by atoms with Crippen LogP contribution in [0.5, 0.6) is 0 Å². The fraction of sp³-hybridized carbons (Fsp3) is 0.250. The number of rotatable bonds is 4. The van der Waals surface area contributed by atoms with E-state index in [0.717, 1.165) is 16.5 Å². The van der Waals surface area contributed by atoms with E-state index in [9.17, 15) is 0 Å². The Balaban J connectivity index is 2.46. The summed E-state index contributed by atoms with van der Waals surface area (Å²) in [7, 11) is 0. The van der Waals surface area contributed by atoms with E-state index < -0.39 is 0 Å². The summed E-state index contributed by atoms with van der Waals surface area (Å²) >= 11 is 3.66. The second-order valence-corrected chi connectivity index (χ2v) is 5.47. The third kappa shape index (κ3) is 3.06. The maximum atomic E-state index is 5.78. The van der Waals surface area contributed by atoms with Crippen LogP contribution in [-0.2, 0) is 6.42 Å². The van der Waals surface area contributed by atoms with Gasteiger partial charge in [-0.2, -0.15) is 0 Å². The van der Waals surface area contributed by atoms with Gasteiger partial charge < -0.3 is 0 Å². The molecule has 0 radical (unpaired) electrons. The summed E-state index contributed by atoms with van der Waals surface area (Å²) < 4.78 is 1.11. The first-order valence-corrected chi connectivity index (χ1v) is 7.26. The van der Waals surface area contributed by atoms with E-state index in [4.69, 9.17) is 5.84 Å². The van der Waals surface area contributed by atoms with Crippen molar-refractivity contribution in [2.45, 2.75) is 26.3 Å². The topological polar surface area (TPSA) is 38.0 Å². The summed E-state index contributed by atoms with van der Waals surface area (Å²) in [6.07, 6.45) is 1.03. The van der Waals surface area contributed by atoms with Crippen molar-refractivity contribution in [3.8, 4) is 0 Å². The summed E-state index contributed by atoms with van der Waals surface area (Å²) in [4.78, 5) is 0. The number of nitrogens with two attached hydrogens (primary N) is 1. The van der Waals surface area contributed by atoms with Gasteiger partial charge in [-0.15, -0.1) is 0 Å². The normalized spacial score (nSPS) is 12.4. The Morgan fingerprint density at radius 2 is 1.95 bits per heavy atom. The van der Waals surface area contributed by atoms with Crippen LogP contribution in [0.15, 0.2) is 46.9 Å². The summed E-state index contributed by atoms with van der Waals surface area (Å²) in [5.41, 5.74) is 7.81. The van der Waals surface area contributed by atoms with Gasteiger partial charge in [0, 0.05) is 4.47 Å². The van der Waals surface area contributed by atoms with E-state index in [1.54, 1.807) is 0 Å². The van der Waals surface area contributed by atoms with Crippen LogP contribution in [0.2, 0.25) is 0 Å². The second-order valence-electron chi connectivity index (χ2n) is 4.68. The summed E-state index contributed by atoms with van der Waals surface area (Å²) in [5.74, 6) is 5.78. The molecule has 0 amide bonds. The molecule has 0 heterocycles. The van der Waals surface area contributed by atoms with E-state index in [1.807, 2.05) is 0 Å². The lowest BCUT2D eigenvalue weighted by Gasteiger charge is -2.20. The van der Waals surface area contributed by atoms with Crippen molar-refractivity contribution in [2.75, 3.05) is 0 Å². The molecule has 0 aliphatic heterocycles. The lowest BCUT2D eigenvalue weighted by molar-refractivity contribution is 0.633. The summed E-state index contributed by atoms with van der Waals surface area (Å²) in [6.45, 7) is 4.25. The molecule has 0 aliphatic carbocycles. The molecule has 2 aromatic carbocycles. The molecule has 0 spiro atoms. The van der Waals surface area contributed by atoms with E-state index in [0.29, 0.717) is 0 Å². The Morgan fingerprint density at radius 3 is 2.63 bits per heavy atom. The van der Waals surface area contributed by atoms with Crippen LogP contribution >= 0.6 is 15.9 Å². The van der Waals surface area contributed by atoms with Crippen LogP contribution in [0.4, 0.5) is 0 Å². The quantitative estimate of drug-likeness (QED) is 0.663. The fourth-order valence-corrected chi connectivity index (χ4v) is 2.74. The average Bonchev–Trinajstić information content (AvgIpc) is 2.44. The molecule has 1 unspecified atom stereocenters. The largest absolute Gasteiger partial charge is 0.271 e. The molecule has 0 bridgehead atoms. The van der Waals surface area contributed by atoms with Gasteiger partial charge in [0.05, 0.1) is 6.04 Å². The Morgan fingerprint density at radius 1 is 1.21 bits per heavy atom. The molecule has 100 valence electrons. The fourth-order valence-electron chi connectivity index (χ4n) is 2.25. The predicted molar refractivity (Wildman–Crippen MR) is 83.9 cm³/mol. The van der Waals surface area contributed by atoms with Crippen LogP contribution in [-0.4, -0.2) is 0 Å². The van der Waals surface area contributed by atoms with Crippen molar-refractivity contribution < 1.29 is 0 Å². The molecule has 0 aliphatic rings. The number of hydrazine groups is 1. The third-order valence-electron chi connectivity index (χ3n) is 3.39. The first kappa shape index (κ1) is 14.3. The van der Waals surface area contributed by atoms with Gasteiger partial charge in [0.1, 0.15) is 0 Å². The van der Waals surface area contributed by atoms with Gasteiger partial charge in [0.2, 0.25) is 0 Å². The SMILES string of the molecule is CCc1cccc(C(NN)c2cccc(C)c2Br)c1. The molecule has 3 N–H and O–H groups in total. The molecule has 0 fully saturated rings. The molecule has 1 atom stereocenters. The first-order valence-electron chi connectivity index (χ1n) is 6.47. The maximum absolute atomic E-state index is 5.78. The number of hydrogen-bond acceptors (Lipinski definition) is 2. The van der Waals surface area contributed by atoms with Gasteiger partial charge in [0.25, 0.3) is 0 Å². The van der Waals surface area contributed by atoms with Crippen LogP contribution in [0.3, 0.4) is 0 Å². The van der Waals surface area contributed by atoms with Gasteiger partial charge in [-0.05, 0) is 35.6 Å². The Hall–Kier alpha value is -1.16. The number of aryl methyl sites for hydroxylation is 2. The van der Waals surface area contributed by atoms with Crippen LogP contribution in [0.1, 0.15) is 35.2 Å². The molecule has 3 heteroatoms. The monoisotopic (exact) mass is 318 g/mol. The average molecular weight is 319 g/mol. The van der Waals surface area contributed by atoms with E-state index in [2.05, 4.69) is 77.7 Å². The van der Waals surface area contributed by atoms with Crippen molar-refractivity contribution in [1.82, 2.24) is 5.43 Å². The minimum absolute atomic E-state index is 0.000718. The van der Waals surface area contributed by atoms with Gasteiger partial charge in [-0.25, -0.2) is 5.43 Å². The standard InChI is InChI=1S/C16H19BrN2/c1-3-12-7-5-8-13(10-12)16(19-18)14-9-4-6-11(2)15(14)17/h4-10,16,19H,3,18H2,1-2H3. The molecule has 2 nitrogen and oxygen atoms in total. The number of benzene rings is 2. The van der Waals surface area contributed by atoms with E-state index >= 15 is 0 Å². The lowest BCUT2D eigenvalue weighted by atomic mass is 9.96. The molecule has 0 saturated carbocycles. The number of hydrogen-bond donors (Lipinski definition) is 2. The maximum Gasteiger partial charge on any atom is 0.0721 e. The lowest BCUT2D eigenvalue weighted by Crippen LogP contribution is -2.29. The minimum atomic E-state index is 0.000718. The molecule has 0 aromatic heterocycles. The summed E-state index contributed by atoms with van der Waals surface area (Å²) in [5, 5.41) is 0. The molecule has 2 aromatic rings. The Labute approximate surface area is 123 Å². The zero-order valence-corrected chi connectivity index (χ0v) is 12.9. The van der Waals surface area contributed by atoms with Crippen molar-refractivity contribution >= 4 is 15.9 Å². The highest BCUT2D eigenvalue weighted by Crippen LogP contribution is 2.30. The van der Waals surface area contributed by atoms with Crippen LogP contribution in [0.25, 0.3) is 0 Å². The van der Waals surface area contributed by atoms with Crippen LogP contribution < -0.4 is 11.3 Å². The molecule has 19 heavy (non-hydrogen) atoms. The molecular weight excluding hydrogens is 300 g/mol. The smallest absolute Gasteiger partial charge is 0.0721 e. The zero-order valence-electron chi connectivity index (χ0n) is 11.3. The molecular formula is C16H19BrN2. The second kappa shape index (κ2) is 6.33. The van der Waals surface area contributed by atoms with Gasteiger partial charge >= 0.3 is 0 Å². The predicted octanol–water partition coefficient (Wildman–Crippen LogP) is 3.87. The van der Waals surface area contributed by atoms with Gasteiger partial charge in [0.15, 0.2) is 0 Å². The van der Waals surface area contributed by atoms with Crippen molar-refractivity contribution in [3.63, 3.8) is 0 Å². The van der Waals surface area contributed by atoms with Gasteiger partial charge in [-0.1, -0.05) is 65.3 Å². The van der Waals surface area contributed by atoms with E-state index in [-0.39, 0.29) is 6.04 Å². The zero-order chi connectivity index (χ0) is 13.8. The molecule has 2 rings (SSSR count). The van der Waals surface area contributed by atoms with Crippen molar-refractivity contribution in [1.29, 1.82) is 0 Å². The van der Waals surface area contributed by atoms with E-state index in [1.165, 1.54) is 16.7 Å². The number of halogens is 1. The Kier molecular flexibility index (Phi) is 4.75. The third-order valence-corrected chi connectivity index (χ3v) is 4.48. The highest BCUT2D eigenvalue weighted by molar-refractivity contribution is 9.10. The van der Waals surface area contributed by atoms with Crippen LogP contribution in [0, 0.1) is 6.92 Å². The highest BCUT2D eigenvalue weighted by atomic mass is 79.9. The minimum Gasteiger partial charge on any atom is -0.271 e. The first-order chi connectivity index (χ1) is 9.17. The van der Waals surface area contributed by atoms with Crippen molar-refractivity contribution in [2.24, 2.45) is 5.84 Å². The van der Waals surface area contributed by atoms with Crippen molar-refractivity contribution in [3.05, 3.63) is 69.2 Å². The number of nitrogens with one attached hydrogen (secondary N) is 1. The Bertz CT molecular complexity index is 566. The summed E-state index contributed by atoms with van der Waals surface area (Å²) in [6, 6.07) is 14.8. The highest BCUT2D eigenvalue weighted by Gasteiger charge is 2.16. The van der Waals surface area contributed by atoms with Gasteiger partial charge in [-0.3, -0.25) is 5.84 Å². The molecule has 0 saturated heterocycles.